The van der Waals surface area contributed by atoms with Gasteiger partial charge in [-0.05, 0) is 55.3 Å². The number of nitrogens with one attached hydrogen (secondary N) is 1. The zero-order chi connectivity index (χ0) is 22.3. The Morgan fingerprint density at radius 2 is 1.72 bits per heavy atom. The number of rotatable bonds is 6. The molecule has 0 bridgehead atoms. The molecule has 7 nitrogen and oxygen atoms in total. The summed E-state index contributed by atoms with van der Waals surface area (Å²) in [4.78, 5) is 15.2. The summed E-state index contributed by atoms with van der Waals surface area (Å²) in [5.74, 6) is 1.71. The zero-order valence-corrected chi connectivity index (χ0v) is 18.5. The average Bonchev–Trinajstić information content (AvgIpc) is 3.13. The SMILES string of the molecule is COc1ccc(OC)c(C(=O)Nc2cccc(-c3ccc(N4CCCCCC4)nn3)c2)c1. The minimum absolute atomic E-state index is 0.277. The van der Waals surface area contributed by atoms with Crippen LogP contribution in [-0.2, 0) is 0 Å². The molecule has 1 aromatic heterocycles. The van der Waals surface area contributed by atoms with Crippen molar-refractivity contribution in [3.63, 3.8) is 0 Å². The van der Waals surface area contributed by atoms with Crippen LogP contribution in [0.1, 0.15) is 36.0 Å². The number of methoxy groups -OCH3 is 2. The Morgan fingerprint density at radius 3 is 2.41 bits per heavy atom. The second-order valence-electron chi connectivity index (χ2n) is 7.78. The Kier molecular flexibility index (Phi) is 6.84. The van der Waals surface area contributed by atoms with E-state index in [0.717, 1.165) is 30.2 Å². The van der Waals surface area contributed by atoms with E-state index in [1.165, 1.54) is 32.8 Å². The van der Waals surface area contributed by atoms with Gasteiger partial charge in [0.05, 0.1) is 25.5 Å². The lowest BCUT2D eigenvalue weighted by Crippen LogP contribution is -2.25. The highest BCUT2D eigenvalue weighted by Crippen LogP contribution is 2.27. The quantitative estimate of drug-likeness (QED) is 0.603. The molecule has 166 valence electrons. The van der Waals surface area contributed by atoms with Crippen molar-refractivity contribution in [2.24, 2.45) is 0 Å². The molecule has 1 N–H and O–H groups in total. The van der Waals surface area contributed by atoms with Crippen molar-refractivity contribution in [1.82, 2.24) is 10.2 Å². The Hall–Kier alpha value is -3.61. The monoisotopic (exact) mass is 432 g/mol. The van der Waals surface area contributed by atoms with E-state index in [4.69, 9.17) is 9.47 Å². The largest absolute Gasteiger partial charge is 0.497 e. The molecule has 1 aliphatic rings. The van der Waals surface area contributed by atoms with E-state index < -0.39 is 0 Å². The summed E-state index contributed by atoms with van der Waals surface area (Å²) >= 11 is 0. The van der Waals surface area contributed by atoms with E-state index in [9.17, 15) is 4.79 Å². The number of carbonyl (C=O) groups is 1. The van der Waals surface area contributed by atoms with Gasteiger partial charge in [0.15, 0.2) is 5.82 Å². The van der Waals surface area contributed by atoms with Crippen molar-refractivity contribution in [2.45, 2.75) is 25.7 Å². The van der Waals surface area contributed by atoms with Crippen LogP contribution in [0.5, 0.6) is 11.5 Å². The van der Waals surface area contributed by atoms with Crippen molar-refractivity contribution in [2.75, 3.05) is 37.5 Å². The van der Waals surface area contributed by atoms with Crippen molar-refractivity contribution >= 4 is 17.4 Å². The Morgan fingerprint density at radius 1 is 0.906 bits per heavy atom. The zero-order valence-electron chi connectivity index (χ0n) is 18.5. The summed E-state index contributed by atoms with van der Waals surface area (Å²) in [7, 11) is 3.10. The number of ether oxygens (including phenoxy) is 2. The molecule has 4 rings (SSSR count). The first-order chi connectivity index (χ1) is 15.7. The molecule has 1 amide bonds. The normalized spacial score (nSPS) is 13.9. The maximum Gasteiger partial charge on any atom is 0.259 e. The van der Waals surface area contributed by atoms with Crippen LogP contribution >= 0.6 is 0 Å². The molecular weight excluding hydrogens is 404 g/mol. The van der Waals surface area contributed by atoms with Gasteiger partial charge in [0.25, 0.3) is 5.91 Å². The van der Waals surface area contributed by atoms with Gasteiger partial charge in [-0.3, -0.25) is 4.79 Å². The summed E-state index contributed by atoms with van der Waals surface area (Å²) in [6.07, 6.45) is 4.96. The van der Waals surface area contributed by atoms with E-state index in [1.54, 1.807) is 25.3 Å². The lowest BCUT2D eigenvalue weighted by molar-refractivity contribution is 0.102. The van der Waals surface area contributed by atoms with Gasteiger partial charge in [-0.2, -0.15) is 0 Å². The number of amides is 1. The lowest BCUT2D eigenvalue weighted by Gasteiger charge is -2.20. The highest BCUT2D eigenvalue weighted by Gasteiger charge is 2.15. The van der Waals surface area contributed by atoms with Crippen LogP contribution in [0.3, 0.4) is 0 Å². The van der Waals surface area contributed by atoms with Gasteiger partial charge < -0.3 is 19.7 Å². The Labute approximate surface area is 188 Å². The maximum atomic E-state index is 12.9. The Balaban J connectivity index is 1.51. The second-order valence-corrected chi connectivity index (χ2v) is 7.78. The lowest BCUT2D eigenvalue weighted by atomic mass is 10.1. The van der Waals surface area contributed by atoms with Gasteiger partial charge in [-0.15, -0.1) is 10.2 Å². The van der Waals surface area contributed by atoms with Crippen LogP contribution in [0.4, 0.5) is 11.5 Å². The highest BCUT2D eigenvalue weighted by atomic mass is 16.5. The molecule has 0 saturated carbocycles. The van der Waals surface area contributed by atoms with Gasteiger partial charge in [-0.1, -0.05) is 25.0 Å². The standard InChI is InChI=1S/C25H28N4O3/c1-31-20-10-12-23(32-2)21(17-20)25(30)26-19-9-7-8-18(16-19)22-11-13-24(28-27-22)29-14-5-3-4-6-15-29/h7-13,16-17H,3-6,14-15H2,1-2H3,(H,26,30). The molecule has 0 aliphatic carbocycles. The fraction of sp³-hybridized carbons (Fsp3) is 0.320. The van der Waals surface area contributed by atoms with Crippen molar-refractivity contribution in [1.29, 1.82) is 0 Å². The maximum absolute atomic E-state index is 12.9. The number of hydrogen-bond acceptors (Lipinski definition) is 6. The van der Waals surface area contributed by atoms with Crippen LogP contribution in [-0.4, -0.2) is 43.4 Å². The number of anilines is 2. The third kappa shape index (κ3) is 4.99. The van der Waals surface area contributed by atoms with E-state index >= 15 is 0 Å². The van der Waals surface area contributed by atoms with Gasteiger partial charge in [0.1, 0.15) is 11.5 Å². The van der Waals surface area contributed by atoms with Crippen LogP contribution in [0.15, 0.2) is 54.6 Å². The van der Waals surface area contributed by atoms with Gasteiger partial charge in [-0.25, -0.2) is 0 Å². The summed E-state index contributed by atoms with van der Waals surface area (Å²) in [6.45, 7) is 2.06. The molecule has 0 radical (unpaired) electrons. The molecule has 1 aliphatic heterocycles. The Bertz CT molecular complexity index is 1060. The minimum atomic E-state index is -0.277. The number of benzene rings is 2. The first-order valence-corrected chi connectivity index (χ1v) is 10.9. The second kappa shape index (κ2) is 10.1. The van der Waals surface area contributed by atoms with Gasteiger partial charge in [0.2, 0.25) is 0 Å². The average molecular weight is 433 g/mol. The van der Waals surface area contributed by atoms with Gasteiger partial charge >= 0.3 is 0 Å². The van der Waals surface area contributed by atoms with Crippen molar-refractivity contribution in [3.8, 4) is 22.8 Å². The molecule has 7 heteroatoms. The third-order valence-electron chi connectivity index (χ3n) is 5.65. The smallest absolute Gasteiger partial charge is 0.259 e. The predicted octanol–water partition coefficient (Wildman–Crippen LogP) is 4.79. The number of nitrogens with zero attached hydrogens (tertiary/aromatic N) is 3. The first-order valence-electron chi connectivity index (χ1n) is 10.9. The van der Waals surface area contributed by atoms with Gasteiger partial charge in [0, 0.05) is 24.3 Å². The van der Waals surface area contributed by atoms with E-state index in [1.807, 2.05) is 36.4 Å². The summed E-state index contributed by atoms with van der Waals surface area (Å²) in [6, 6.07) is 16.7. The molecule has 3 aromatic rings. The highest BCUT2D eigenvalue weighted by molar-refractivity contribution is 6.06. The summed E-state index contributed by atoms with van der Waals surface area (Å²) in [5.41, 5.74) is 2.71. The number of aromatic nitrogens is 2. The minimum Gasteiger partial charge on any atom is -0.497 e. The van der Waals surface area contributed by atoms with Crippen LogP contribution < -0.4 is 19.7 Å². The van der Waals surface area contributed by atoms with Crippen LogP contribution in [0, 0.1) is 0 Å². The third-order valence-corrected chi connectivity index (χ3v) is 5.65. The molecule has 1 fully saturated rings. The molecule has 2 heterocycles. The summed E-state index contributed by atoms with van der Waals surface area (Å²) < 4.78 is 10.6. The first kappa shape index (κ1) is 21.6. The van der Waals surface area contributed by atoms with Crippen LogP contribution in [0.25, 0.3) is 11.3 Å². The summed E-state index contributed by atoms with van der Waals surface area (Å²) in [5, 5.41) is 11.8. The molecule has 32 heavy (non-hydrogen) atoms. The fourth-order valence-electron chi connectivity index (χ4n) is 3.89. The number of hydrogen-bond donors (Lipinski definition) is 1. The predicted molar refractivity (Wildman–Crippen MR) is 126 cm³/mol. The topological polar surface area (TPSA) is 76.6 Å². The van der Waals surface area contributed by atoms with E-state index in [-0.39, 0.29) is 5.91 Å². The molecule has 0 atom stereocenters. The van der Waals surface area contributed by atoms with Crippen molar-refractivity contribution in [3.05, 3.63) is 60.2 Å². The molecule has 2 aromatic carbocycles. The van der Waals surface area contributed by atoms with Crippen molar-refractivity contribution < 1.29 is 14.3 Å². The van der Waals surface area contributed by atoms with E-state index in [0.29, 0.717) is 22.7 Å². The molecule has 0 spiro atoms. The molecule has 0 unspecified atom stereocenters. The fourth-order valence-corrected chi connectivity index (χ4v) is 3.89. The number of carbonyl (C=O) groups excluding carboxylic acids is 1. The van der Waals surface area contributed by atoms with Crippen LogP contribution in [0.2, 0.25) is 0 Å². The molecule has 1 saturated heterocycles. The van der Waals surface area contributed by atoms with E-state index in [2.05, 4.69) is 20.4 Å². The molecular formula is C25H28N4O3.